The lowest BCUT2D eigenvalue weighted by atomic mass is 10.0. The van der Waals surface area contributed by atoms with Crippen LogP contribution < -0.4 is 5.32 Å². The SMILES string of the molecule is O=C(Cc1ccc(O)c(Cl)c1)N[C@H]1COC[C@@H]1N1CCCCC1. The van der Waals surface area contributed by atoms with Crippen LogP contribution >= 0.6 is 11.6 Å². The molecule has 0 radical (unpaired) electrons. The number of phenolic OH excluding ortho intramolecular Hbond substituents is 1. The van der Waals surface area contributed by atoms with Crippen LogP contribution in [-0.4, -0.2) is 54.3 Å². The van der Waals surface area contributed by atoms with Crippen LogP contribution in [0.25, 0.3) is 0 Å². The summed E-state index contributed by atoms with van der Waals surface area (Å²) in [5.74, 6) is -0.00514. The quantitative estimate of drug-likeness (QED) is 0.881. The molecule has 0 saturated carbocycles. The topological polar surface area (TPSA) is 61.8 Å². The van der Waals surface area contributed by atoms with Crippen molar-refractivity contribution in [2.24, 2.45) is 0 Å². The van der Waals surface area contributed by atoms with Gasteiger partial charge in [-0.05, 0) is 43.6 Å². The molecule has 2 fully saturated rings. The van der Waals surface area contributed by atoms with Gasteiger partial charge in [-0.1, -0.05) is 24.1 Å². The number of ether oxygens (including phenoxy) is 1. The summed E-state index contributed by atoms with van der Waals surface area (Å²) in [6.45, 7) is 3.45. The van der Waals surface area contributed by atoms with Crippen LogP contribution in [0.3, 0.4) is 0 Å². The van der Waals surface area contributed by atoms with Crippen LogP contribution in [0.2, 0.25) is 5.02 Å². The highest BCUT2D eigenvalue weighted by atomic mass is 35.5. The fourth-order valence-corrected chi connectivity index (χ4v) is 3.60. The number of nitrogens with one attached hydrogen (secondary N) is 1. The first kappa shape index (κ1) is 16.6. The highest BCUT2D eigenvalue weighted by Gasteiger charge is 2.34. The standard InChI is InChI=1S/C17H23ClN2O3/c18-13-8-12(4-5-16(13)21)9-17(22)19-14-10-23-11-15(14)20-6-2-1-3-7-20/h4-5,8,14-15,21H,1-3,6-7,9-11H2,(H,19,22)/t14-,15-/m0/s1. The second-order valence-electron chi connectivity index (χ2n) is 6.34. The molecule has 2 heterocycles. The van der Waals surface area contributed by atoms with Gasteiger partial charge in [-0.2, -0.15) is 0 Å². The molecule has 2 saturated heterocycles. The molecule has 2 N–H and O–H groups in total. The minimum absolute atomic E-state index is 0.0326. The van der Waals surface area contributed by atoms with Gasteiger partial charge in [0.15, 0.2) is 0 Å². The number of rotatable bonds is 4. The monoisotopic (exact) mass is 338 g/mol. The van der Waals surface area contributed by atoms with Crippen molar-refractivity contribution in [3.63, 3.8) is 0 Å². The summed E-state index contributed by atoms with van der Waals surface area (Å²) in [4.78, 5) is 14.7. The molecular formula is C17H23ClN2O3. The van der Waals surface area contributed by atoms with Crippen LogP contribution in [0, 0.1) is 0 Å². The molecule has 126 valence electrons. The van der Waals surface area contributed by atoms with Gasteiger partial charge in [-0.15, -0.1) is 0 Å². The Hall–Kier alpha value is -1.30. The lowest BCUT2D eigenvalue weighted by molar-refractivity contribution is -0.121. The molecule has 2 atom stereocenters. The Balaban J connectivity index is 1.56. The van der Waals surface area contributed by atoms with E-state index in [0.717, 1.165) is 18.7 Å². The number of aromatic hydroxyl groups is 1. The Morgan fingerprint density at radius 2 is 2.09 bits per heavy atom. The number of amides is 1. The van der Waals surface area contributed by atoms with Gasteiger partial charge in [0.2, 0.25) is 5.91 Å². The molecule has 1 amide bonds. The van der Waals surface area contributed by atoms with E-state index in [0.29, 0.717) is 13.2 Å². The summed E-state index contributed by atoms with van der Waals surface area (Å²) in [5, 5.41) is 12.8. The molecule has 23 heavy (non-hydrogen) atoms. The Morgan fingerprint density at radius 1 is 1.30 bits per heavy atom. The largest absolute Gasteiger partial charge is 0.506 e. The lowest BCUT2D eigenvalue weighted by Crippen LogP contribution is -2.52. The van der Waals surface area contributed by atoms with Crippen molar-refractivity contribution in [1.82, 2.24) is 10.2 Å². The van der Waals surface area contributed by atoms with Gasteiger partial charge in [0, 0.05) is 0 Å². The summed E-state index contributed by atoms with van der Waals surface area (Å²) in [7, 11) is 0. The van der Waals surface area contributed by atoms with Crippen molar-refractivity contribution in [2.45, 2.75) is 37.8 Å². The van der Waals surface area contributed by atoms with Gasteiger partial charge in [-0.3, -0.25) is 9.69 Å². The Kier molecular flexibility index (Phi) is 5.41. The molecule has 1 aromatic rings. The Bertz CT molecular complexity index is 561. The van der Waals surface area contributed by atoms with Gasteiger partial charge in [0.1, 0.15) is 5.75 Å². The van der Waals surface area contributed by atoms with E-state index < -0.39 is 0 Å². The van der Waals surface area contributed by atoms with E-state index in [1.807, 2.05) is 0 Å². The molecular weight excluding hydrogens is 316 g/mol. The molecule has 3 rings (SSSR count). The first-order chi connectivity index (χ1) is 11.1. The fourth-order valence-electron chi connectivity index (χ4n) is 3.39. The third-order valence-corrected chi connectivity index (χ3v) is 4.94. The normalized spacial score (nSPS) is 25.4. The average molecular weight is 339 g/mol. The summed E-state index contributed by atoms with van der Waals surface area (Å²) in [6.07, 6.45) is 4.00. The van der Waals surface area contributed by atoms with Gasteiger partial charge >= 0.3 is 0 Å². The number of nitrogens with zero attached hydrogens (tertiary/aromatic N) is 1. The summed E-state index contributed by atoms with van der Waals surface area (Å²) >= 11 is 5.88. The molecule has 2 aliphatic rings. The molecule has 0 aromatic heterocycles. The van der Waals surface area contributed by atoms with E-state index in [2.05, 4.69) is 10.2 Å². The molecule has 6 heteroatoms. The lowest BCUT2D eigenvalue weighted by Gasteiger charge is -2.34. The first-order valence-electron chi connectivity index (χ1n) is 8.22. The highest BCUT2D eigenvalue weighted by Crippen LogP contribution is 2.24. The predicted octanol–water partition coefficient (Wildman–Crippen LogP) is 1.96. The second kappa shape index (κ2) is 7.51. The predicted molar refractivity (Wildman–Crippen MR) is 88.8 cm³/mol. The molecule has 0 spiro atoms. The van der Waals surface area contributed by atoms with Gasteiger partial charge < -0.3 is 15.2 Å². The molecule has 5 nitrogen and oxygen atoms in total. The number of benzene rings is 1. The highest BCUT2D eigenvalue weighted by molar-refractivity contribution is 6.32. The number of phenols is 1. The molecule has 0 bridgehead atoms. The third kappa shape index (κ3) is 4.16. The zero-order valence-corrected chi connectivity index (χ0v) is 13.9. The van der Waals surface area contributed by atoms with Crippen molar-refractivity contribution < 1.29 is 14.6 Å². The van der Waals surface area contributed by atoms with Crippen LogP contribution in [0.5, 0.6) is 5.75 Å². The van der Waals surface area contributed by atoms with E-state index in [9.17, 15) is 9.90 Å². The number of likely N-dealkylation sites (tertiary alicyclic amines) is 1. The maximum absolute atomic E-state index is 12.3. The van der Waals surface area contributed by atoms with Crippen LogP contribution in [0.15, 0.2) is 18.2 Å². The minimum Gasteiger partial charge on any atom is -0.506 e. The smallest absolute Gasteiger partial charge is 0.224 e. The first-order valence-corrected chi connectivity index (χ1v) is 8.60. The fraction of sp³-hybridized carbons (Fsp3) is 0.588. The number of piperidine rings is 1. The minimum atomic E-state index is -0.0377. The second-order valence-corrected chi connectivity index (χ2v) is 6.75. The van der Waals surface area contributed by atoms with Crippen molar-refractivity contribution in [3.05, 3.63) is 28.8 Å². The number of halogens is 1. The summed E-state index contributed by atoms with van der Waals surface area (Å²) in [6, 6.07) is 5.19. The van der Waals surface area contributed by atoms with Crippen LogP contribution in [0.4, 0.5) is 0 Å². The molecule has 0 aliphatic carbocycles. The Morgan fingerprint density at radius 3 is 2.83 bits per heavy atom. The van der Waals surface area contributed by atoms with E-state index in [1.54, 1.807) is 12.1 Å². The summed E-state index contributed by atoms with van der Waals surface area (Å²) in [5.41, 5.74) is 0.790. The van der Waals surface area contributed by atoms with E-state index >= 15 is 0 Å². The number of carbonyl (C=O) groups is 1. The zero-order valence-electron chi connectivity index (χ0n) is 13.1. The van der Waals surface area contributed by atoms with Crippen molar-refractivity contribution in [1.29, 1.82) is 0 Å². The number of carbonyl (C=O) groups excluding carboxylic acids is 1. The third-order valence-electron chi connectivity index (χ3n) is 4.63. The summed E-state index contributed by atoms with van der Waals surface area (Å²) < 4.78 is 5.60. The number of hydrogen-bond acceptors (Lipinski definition) is 4. The van der Waals surface area contributed by atoms with Gasteiger partial charge in [0.05, 0.1) is 36.7 Å². The van der Waals surface area contributed by atoms with Crippen LogP contribution in [0.1, 0.15) is 24.8 Å². The van der Waals surface area contributed by atoms with Crippen molar-refractivity contribution in [3.8, 4) is 5.75 Å². The maximum atomic E-state index is 12.3. The zero-order chi connectivity index (χ0) is 16.2. The molecule has 2 aliphatic heterocycles. The molecule has 1 aromatic carbocycles. The van der Waals surface area contributed by atoms with Crippen molar-refractivity contribution >= 4 is 17.5 Å². The van der Waals surface area contributed by atoms with Crippen molar-refractivity contribution in [2.75, 3.05) is 26.3 Å². The van der Waals surface area contributed by atoms with E-state index in [-0.39, 0.29) is 35.2 Å². The van der Waals surface area contributed by atoms with Gasteiger partial charge in [0.25, 0.3) is 0 Å². The maximum Gasteiger partial charge on any atom is 0.224 e. The van der Waals surface area contributed by atoms with E-state index in [4.69, 9.17) is 16.3 Å². The van der Waals surface area contributed by atoms with Gasteiger partial charge in [-0.25, -0.2) is 0 Å². The number of hydrogen-bond donors (Lipinski definition) is 2. The Labute approximate surface area is 141 Å². The van der Waals surface area contributed by atoms with Crippen LogP contribution in [-0.2, 0) is 16.0 Å². The molecule has 0 unspecified atom stereocenters. The average Bonchev–Trinajstić information content (AvgIpc) is 3.00. The van der Waals surface area contributed by atoms with E-state index in [1.165, 1.54) is 25.3 Å².